The number of hydrogen-bond donors (Lipinski definition) is 2. The maximum atomic E-state index is 5.53. The molecule has 0 atom stereocenters. The van der Waals surface area contributed by atoms with Crippen molar-refractivity contribution < 1.29 is 4.74 Å². The monoisotopic (exact) mass is 303 g/mol. The van der Waals surface area contributed by atoms with Crippen LogP contribution in [0.4, 0.5) is 0 Å². The summed E-state index contributed by atoms with van der Waals surface area (Å²) < 4.78 is 5.42. The van der Waals surface area contributed by atoms with Gasteiger partial charge < -0.3 is 10.5 Å². The van der Waals surface area contributed by atoms with Gasteiger partial charge in [-0.3, -0.25) is 5.10 Å². The smallest absolute Gasteiger partial charge is 0.125 e. The van der Waals surface area contributed by atoms with Crippen LogP contribution < -0.4 is 10.5 Å². The van der Waals surface area contributed by atoms with Crippen molar-refractivity contribution in [2.24, 2.45) is 5.73 Å². The van der Waals surface area contributed by atoms with E-state index in [2.05, 4.69) is 16.3 Å². The Morgan fingerprint density at radius 1 is 1.32 bits per heavy atom. The normalized spacial score (nSPS) is 9.42. The van der Waals surface area contributed by atoms with Gasteiger partial charge in [0.1, 0.15) is 5.75 Å². The molecule has 4 nitrogen and oxygen atoms in total. The van der Waals surface area contributed by atoms with E-state index in [1.54, 1.807) is 7.11 Å². The van der Waals surface area contributed by atoms with E-state index in [4.69, 9.17) is 10.5 Å². The lowest BCUT2D eigenvalue weighted by molar-refractivity contribution is 0.407. The number of benzene rings is 1. The van der Waals surface area contributed by atoms with Gasteiger partial charge in [-0.05, 0) is 18.6 Å². The van der Waals surface area contributed by atoms with Crippen molar-refractivity contribution >= 4 is 24.8 Å². The maximum Gasteiger partial charge on any atom is 0.125 e. The molecular weight excluding hydrogens is 285 g/mol. The molecule has 0 bridgehead atoms. The Morgan fingerprint density at radius 3 is 2.63 bits per heavy atom. The Morgan fingerprint density at radius 2 is 2.05 bits per heavy atom. The number of aromatic nitrogens is 2. The fourth-order valence-corrected chi connectivity index (χ4v) is 1.95. The van der Waals surface area contributed by atoms with Gasteiger partial charge in [0, 0.05) is 24.2 Å². The molecule has 2 rings (SSSR count). The van der Waals surface area contributed by atoms with Gasteiger partial charge in [-0.1, -0.05) is 18.2 Å². The van der Waals surface area contributed by atoms with E-state index in [1.165, 1.54) is 0 Å². The summed E-state index contributed by atoms with van der Waals surface area (Å²) in [7, 11) is 1.70. The van der Waals surface area contributed by atoms with Crippen LogP contribution >= 0.6 is 24.8 Å². The number of halogens is 2. The molecule has 0 unspecified atom stereocenters. The Kier molecular flexibility index (Phi) is 7.52. The second-order valence-electron chi connectivity index (χ2n) is 4.03. The van der Waals surface area contributed by atoms with Crippen molar-refractivity contribution in [1.29, 1.82) is 0 Å². The second kappa shape index (κ2) is 8.04. The summed E-state index contributed by atoms with van der Waals surface area (Å²) in [4.78, 5) is 0. The van der Waals surface area contributed by atoms with Gasteiger partial charge in [0.25, 0.3) is 0 Å². The number of ether oxygens (including phenoxy) is 1. The molecule has 2 aromatic rings. The largest absolute Gasteiger partial charge is 0.496 e. The highest BCUT2D eigenvalue weighted by molar-refractivity contribution is 5.85. The lowest BCUT2D eigenvalue weighted by Gasteiger charge is -2.10. The number of nitrogens with zero attached hydrogens (tertiary/aromatic N) is 1. The maximum absolute atomic E-state index is 5.53. The van der Waals surface area contributed by atoms with E-state index in [-0.39, 0.29) is 24.8 Å². The predicted octanol–water partition coefficient (Wildman–Crippen LogP) is 2.62. The first-order valence-corrected chi connectivity index (χ1v) is 5.60. The minimum Gasteiger partial charge on any atom is -0.496 e. The minimum atomic E-state index is 0. The SMILES string of the molecule is COc1c(C)cccc1Cc1cc(CN)n[nH]1.Cl.Cl. The van der Waals surface area contributed by atoms with E-state index in [9.17, 15) is 0 Å². The fraction of sp³-hybridized carbons (Fsp3) is 0.308. The van der Waals surface area contributed by atoms with Gasteiger partial charge in [0.2, 0.25) is 0 Å². The first kappa shape index (κ1) is 17.8. The zero-order valence-corrected chi connectivity index (χ0v) is 12.6. The van der Waals surface area contributed by atoms with E-state index in [0.29, 0.717) is 6.54 Å². The molecule has 1 heterocycles. The first-order valence-electron chi connectivity index (χ1n) is 5.60. The van der Waals surface area contributed by atoms with Gasteiger partial charge in [-0.25, -0.2) is 0 Å². The molecule has 106 valence electrons. The topological polar surface area (TPSA) is 63.9 Å². The summed E-state index contributed by atoms with van der Waals surface area (Å²) in [5, 5.41) is 7.11. The van der Waals surface area contributed by atoms with Crippen LogP contribution in [0.2, 0.25) is 0 Å². The Balaban J connectivity index is 0.00000162. The Labute approximate surface area is 125 Å². The number of aryl methyl sites for hydroxylation is 1. The highest BCUT2D eigenvalue weighted by atomic mass is 35.5. The molecule has 0 saturated carbocycles. The van der Waals surface area contributed by atoms with Crippen LogP contribution in [-0.2, 0) is 13.0 Å². The molecule has 1 aromatic heterocycles. The van der Waals surface area contributed by atoms with Crippen molar-refractivity contribution in [3.05, 3.63) is 46.8 Å². The van der Waals surface area contributed by atoms with Crippen molar-refractivity contribution in [3.8, 4) is 5.75 Å². The zero-order chi connectivity index (χ0) is 12.3. The number of rotatable bonds is 4. The molecule has 0 aliphatic heterocycles. The highest BCUT2D eigenvalue weighted by Crippen LogP contribution is 2.24. The van der Waals surface area contributed by atoms with E-state index < -0.39 is 0 Å². The summed E-state index contributed by atoms with van der Waals surface area (Å²) in [6, 6.07) is 8.13. The standard InChI is InChI=1S/C13H17N3O.2ClH/c1-9-4-3-5-10(13(9)17-2)6-11-7-12(8-14)16-15-11;;/h3-5,7H,6,8,14H2,1-2H3,(H,15,16);2*1H. The second-order valence-corrected chi connectivity index (χ2v) is 4.03. The molecule has 0 fully saturated rings. The molecule has 0 spiro atoms. The molecule has 0 amide bonds. The van der Waals surface area contributed by atoms with E-state index >= 15 is 0 Å². The van der Waals surface area contributed by atoms with Crippen LogP contribution in [-0.4, -0.2) is 17.3 Å². The fourth-order valence-electron chi connectivity index (χ4n) is 1.95. The predicted molar refractivity (Wildman–Crippen MR) is 81.5 cm³/mol. The molecule has 0 aliphatic carbocycles. The van der Waals surface area contributed by atoms with E-state index in [0.717, 1.165) is 34.7 Å². The van der Waals surface area contributed by atoms with E-state index in [1.807, 2.05) is 25.1 Å². The number of methoxy groups -OCH3 is 1. The number of nitrogens with two attached hydrogens (primary N) is 1. The van der Waals surface area contributed by atoms with Crippen LogP contribution in [0, 0.1) is 6.92 Å². The average Bonchev–Trinajstić information content (AvgIpc) is 2.77. The number of H-pyrrole nitrogens is 1. The Bertz CT molecular complexity index is 514. The molecule has 3 N–H and O–H groups in total. The number of para-hydroxylation sites is 1. The van der Waals surface area contributed by atoms with Gasteiger partial charge in [-0.2, -0.15) is 5.10 Å². The summed E-state index contributed by atoms with van der Waals surface area (Å²) >= 11 is 0. The lowest BCUT2D eigenvalue weighted by atomic mass is 10.1. The number of aromatic amines is 1. The first-order chi connectivity index (χ1) is 8.24. The molecule has 19 heavy (non-hydrogen) atoms. The summed E-state index contributed by atoms with van der Waals surface area (Å²) in [6.45, 7) is 2.50. The molecule has 0 aliphatic rings. The molecule has 1 aromatic carbocycles. The van der Waals surface area contributed by atoms with Gasteiger partial charge in [0.05, 0.1) is 12.8 Å². The summed E-state index contributed by atoms with van der Waals surface area (Å²) in [5.74, 6) is 0.941. The van der Waals surface area contributed by atoms with Gasteiger partial charge >= 0.3 is 0 Å². The molecular formula is C13H19Cl2N3O. The van der Waals surface area contributed by atoms with Crippen LogP contribution in [0.5, 0.6) is 5.75 Å². The molecule has 0 saturated heterocycles. The number of nitrogens with one attached hydrogen (secondary N) is 1. The van der Waals surface area contributed by atoms with Crippen LogP contribution in [0.25, 0.3) is 0 Å². The summed E-state index contributed by atoms with van der Waals surface area (Å²) in [5.41, 5.74) is 9.76. The third kappa shape index (κ3) is 4.13. The van der Waals surface area contributed by atoms with Crippen LogP contribution in [0.15, 0.2) is 24.3 Å². The quantitative estimate of drug-likeness (QED) is 0.912. The van der Waals surface area contributed by atoms with Gasteiger partial charge in [-0.15, -0.1) is 24.8 Å². The third-order valence-corrected chi connectivity index (χ3v) is 2.77. The highest BCUT2D eigenvalue weighted by Gasteiger charge is 2.08. The van der Waals surface area contributed by atoms with Crippen molar-refractivity contribution in [2.45, 2.75) is 19.9 Å². The van der Waals surface area contributed by atoms with Gasteiger partial charge in [0.15, 0.2) is 0 Å². The number of hydrogen-bond acceptors (Lipinski definition) is 3. The zero-order valence-electron chi connectivity index (χ0n) is 11.0. The van der Waals surface area contributed by atoms with Crippen LogP contribution in [0.1, 0.15) is 22.5 Å². The minimum absolute atomic E-state index is 0. The molecule has 0 radical (unpaired) electrons. The molecule has 6 heteroatoms. The lowest BCUT2D eigenvalue weighted by Crippen LogP contribution is -1.96. The van der Waals surface area contributed by atoms with Crippen molar-refractivity contribution in [2.75, 3.05) is 7.11 Å². The average molecular weight is 304 g/mol. The Hall–Kier alpha value is -1.23. The summed E-state index contributed by atoms with van der Waals surface area (Å²) in [6.07, 6.45) is 0.776. The van der Waals surface area contributed by atoms with Crippen molar-refractivity contribution in [3.63, 3.8) is 0 Å². The third-order valence-electron chi connectivity index (χ3n) is 2.77. The van der Waals surface area contributed by atoms with Crippen molar-refractivity contribution in [1.82, 2.24) is 10.2 Å². The van der Waals surface area contributed by atoms with Crippen LogP contribution in [0.3, 0.4) is 0 Å².